The highest BCUT2D eigenvalue weighted by atomic mass is 35.5. The zero-order valence-electron chi connectivity index (χ0n) is 14.9. The van der Waals surface area contributed by atoms with Gasteiger partial charge in [0, 0.05) is 17.3 Å². The van der Waals surface area contributed by atoms with Crippen LogP contribution in [0.4, 0.5) is 0 Å². The fourth-order valence-electron chi connectivity index (χ4n) is 2.94. The molecular formula is C18H22Cl3N5O2. The summed E-state index contributed by atoms with van der Waals surface area (Å²) in [5, 5.41) is 20.3. The average Bonchev–Trinajstić information content (AvgIpc) is 3.18. The lowest BCUT2D eigenvalue weighted by atomic mass is 10.0. The van der Waals surface area contributed by atoms with Crippen LogP contribution in [0.1, 0.15) is 12.8 Å². The maximum atomic E-state index is 10.3. The molecule has 28 heavy (non-hydrogen) atoms. The third-order valence-corrected chi connectivity index (χ3v) is 4.31. The molecule has 7 nitrogen and oxygen atoms in total. The molecule has 0 radical (unpaired) electrons. The van der Waals surface area contributed by atoms with Crippen molar-refractivity contribution in [2.75, 3.05) is 13.1 Å². The fourth-order valence-corrected chi connectivity index (χ4v) is 2.94. The number of phenolic OH excluding ortho intramolecular Hbond substituents is 1. The van der Waals surface area contributed by atoms with Gasteiger partial charge in [-0.3, -0.25) is 5.10 Å². The summed E-state index contributed by atoms with van der Waals surface area (Å²) < 4.78 is 5.86. The van der Waals surface area contributed by atoms with E-state index in [1.165, 1.54) is 0 Å². The SMILES string of the molecule is Cl.Cl.Cl.Oc1cc(-c2cn[nH]c2)ccc1-c1cnc(OC2CCNCC2)cn1. The predicted octanol–water partition coefficient (Wildman–Crippen LogP) is 3.64. The van der Waals surface area contributed by atoms with E-state index in [1.807, 2.05) is 12.1 Å². The number of hydrogen-bond donors (Lipinski definition) is 3. The minimum Gasteiger partial charge on any atom is -0.507 e. The number of ether oxygens (including phenoxy) is 1. The number of H-pyrrole nitrogens is 1. The van der Waals surface area contributed by atoms with E-state index >= 15 is 0 Å². The molecule has 10 heteroatoms. The summed E-state index contributed by atoms with van der Waals surface area (Å²) in [7, 11) is 0. The molecule has 152 valence electrons. The molecule has 2 aromatic heterocycles. The van der Waals surface area contributed by atoms with Crippen molar-refractivity contribution < 1.29 is 9.84 Å². The van der Waals surface area contributed by atoms with Gasteiger partial charge in [-0.25, -0.2) is 9.97 Å². The van der Waals surface area contributed by atoms with Crippen molar-refractivity contribution in [2.24, 2.45) is 0 Å². The van der Waals surface area contributed by atoms with Crippen LogP contribution < -0.4 is 10.1 Å². The number of piperidine rings is 1. The van der Waals surface area contributed by atoms with E-state index in [9.17, 15) is 5.11 Å². The highest BCUT2D eigenvalue weighted by Crippen LogP contribution is 2.32. The Labute approximate surface area is 181 Å². The zero-order valence-corrected chi connectivity index (χ0v) is 17.3. The van der Waals surface area contributed by atoms with Gasteiger partial charge in [0.2, 0.25) is 5.88 Å². The Morgan fingerprint density at radius 2 is 1.75 bits per heavy atom. The molecule has 1 aliphatic rings. The summed E-state index contributed by atoms with van der Waals surface area (Å²) >= 11 is 0. The van der Waals surface area contributed by atoms with E-state index in [1.54, 1.807) is 30.9 Å². The predicted molar refractivity (Wildman–Crippen MR) is 115 cm³/mol. The third kappa shape index (κ3) is 5.48. The van der Waals surface area contributed by atoms with Crippen LogP contribution in [-0.4, -0.2) is 44.5 Å². The van der Waals surface area contributed by atoms with Crippen molar-refractivity contribution in [2.45, 2.75) is 18.9 Å². The minimum atomic E-state index is 0. The standard InChI is InChI=1S/C18H19N5O2.3ClH/c24-17-7-12(13-8-22-23-9-13)1-2-15(17)16-10-21-18(11-20-16)25-14-3-5-19-6-4-14;;;/h1-2,7-11,14,19,24H,3-6H2,(H,22,23);3*1H. The van der Waals surface area contributed by atoms with Crippen molar-refractivity contribution in [3.8, 4) is 34.0 Å². The largest absolute Gasteiger partial charge is 0.507 e. The number of nitrogens with one attached hydrogen (secondary N) is 2. The highest BCUT2D eigenvalue weighted by molar-refractivity contribution is 5.86. The summed E-state index contributed by atoms with van der Waals surface area (Å²) in [5.41, 5.74) is 3.04. The van der Waals surface area contributed by atoms with Crippen LogP contribution in [0.25, 0.3) is 22.4 Å². The van der Waals surface area contributed by atoms with Crippen molar-refractivity contribution in [3.63, 3.8) is 0 Å². The third-order valence-electron chi connectivity index (χ3n) is 4.31. The lowest BCUT2D eigenvalue weighted by molar-refractivity contribution is 0.155. The van der Waals surface area contributed by atoms with Gasteiger partial charge in [0.1, 0.15) is 11.9 Å². The highest BCUT2D eigenvalue weighted by Gasteiger charge is 2.15. The van der Waals surface area contributed by atoms with Gasteiger partial charge in [0.25, 0.3) is 0 Å². The van der Waals surface area contributed by atoms with Crippen molar-refractivity contribution in [3.05, 3.63) is 43.0 Å². The maximum absolute atomic E-state index is 10.3. The minimum absolute atomic E-state index is 0. The molecule has 0 spiro atoms. The number of phenols is 1. The Balaban J connectivity index is 0.00000131. The normalized spacial score (nSPS) is 13.6. The second kappa shape index (κ2) is 11.1. The smallest absolute Gasteiger partial charge is 0.232 e. The van der Waals surface area contributed by atoms with Crippen LogP contribution in [0.3, 0.4) is 0 Å². The van der Waals surface area contributed by atoms with Crippen LogP contribution in [0.15, 0.2) is 43.0 Å². The van der Waals surface area contributed by atoms with Crippen molar-refractivity contribution in [1.82, 2.24) is 25.5 Å². The van der Waals surface area contributed by atoms with Gasteiger partial charge in [-0.15, -0.1) is 37.2 Å². The van der Waals surface area contributed by atoms with Gasteiger partial charge in [0.05, 0.1) is 24.3 Å². The number of halogens is 3. The molecule has 1 aliphatic heterocycles. The van der Waals surface area contributed by atoms with Crippen LogP contribution in [-0.2, 0) is 0 Å². The number of hydrogen-bond acceptors (Lipinski definition) is 6. The second-order valence-corrected chi connectivity index (χ2v) is 6.03. The van der Waals surface area contributed by atoms with Crippen LogP contribution in [0.2, 0.25) is 0 Å². The Bertz CT molecular complexity index is 841. The molecule has 0 saturated carbocycles. The molecule has 0 amide bonds. The first kappa shape index (κ1) is 24.0. The summed E-state index contributed by atoms with van der Waals surface area (Å²) in [6.45, 7) is 1.93. The van der Waals surface area contributed by atoms with E-state index in [0.29, 0.717) is 17.1 Å². The van der Waals surface area contributed by atoms with Crippen LogP contribution in [0.5, 0.6) is 11.6 Å². The van der Waals surface area contributed by atoms with Crippen LogP contribution in [0, 0.1) is 0 Å². The summed E-state index contributed by atoms with van der Waals surface area (Å²) in [6.07, 6.45) is 8.86. The Hall–Kier alpha value is -2.06. The number of rotatable bonds is 4. The molecule has 3 aromatic rings. The quantitative estimate of drug-likeness (QED) is 0.566. The maximum Gasteiger partial charge on any atom is 0.232 e. The van der Waals surface area contributed by atoms with Gasteiger partial charge in [0.15, 0.2) is 0 Å². The van der Waals surface area contributed by atoms with E-state index in [4.69, 9.17) is 4.74 Å². The molecule has 0 bridgehead atoms. The number of benzene rings is 1. The zero-order chi connectivity index (χ0) is 17.1. The number of aromatic hydroxyl groups is 1. The molecule has 1 fully saturated rings. The van der Waals surface area contributed by atoms with E-state index in [0.717, 1.165) is 37.1 Å². The molecule has 0 unspecified atom stereocenters. The topological polar surface area (TPSA) is 96.0 Å². The first-order valence-electron chi connectivity index (χ1n) is 8.31. The second-order valence-electron chi connectivity index (χ2n) is 6.03. The van der Waals surface area contributed by atoms with Crippen molar-refractivity contribution in [1.29, 1.82) is 0 Å². The summed E-state index contributed by atoms with van der Waals surface area (Å²) in [6, 6.07) is 5.44. The molecule has 3 N–H and O–H groups in total. The Morgan fingerprint density at radius 1 is 0.964 bits per heavy atom. The molecule has 4 rings (SSSR count). The molecule has 1 saturated heterocycles. The molecule has 3 heterocycles. The Kier molecular flexibility index (Phi) is 9.48. The first-order chi connectivity index (χ1) is 12.3. The van der Waals surface area contributed by atoms with Crippen molar-refractivity contribution >= 4 is 37.2 Å². The first-order valence-corrected chi connectivity index (χ1v) is 8.31. The van der Waals surface area contributed by atoms with Crippen LogP contribution >= 0.6 is 37.2 Å². The number of aromatic nitrogens is 4. The van der Waals surface area contributed by atoms with Gasteiger partial charge >= 0.3 is 0 Å². The number of nitrogens with zero attached hydrogens (tertiary/aromatic N) is 3. The van der Waals surface area contributed by atoms with E-state index in [2.05, 4.69) is 25.5 Å². The molecule has 1 aromatic carbocycles. The lowest BCUT2D eigenvalue weighted by Crippen LogP contribution is -2.34. The molecule has 0 aliphatic carbocycles. The lowest BCUT2D eigenvalue weighted by Gasteiger charge is -2.23. The summed E-state index contributed by atoms with van der Waals surface area (Å²) in [5.74, 6) is 0.671. The Morgan fingerprint density at radius 3 is 2.36 bits per heavy atom. The molecular weight excluding hydrogens is 425 g/mol. The number of aromatic amines is 1. The van der Waals surface area contributed by atoms with Gasteiger partial charge in [-0.2, -0.15) is 5.10 Å². The average molecular weight is 447 g/mol. The van der Waals surface area contributed by atoms with E-state index < -0.39 is 0 Å². The fraction of sp³-hybridized carbons (Fsp3) is 0.278. The van der Waals surface area contributed by atoms with Gasteiger partial charge in [-0.1, -0.05) is 6.07 Å². The monoisotopic (exact) mass is 445 g/mol. The molecule has 0 atom stereocenters. The van der Waals surface area contributed by atoms with Gasteiger partial charge in [-0.05, 0) is 43.6 Å². The summed E-state index contributed by atoms with van der Waals surface area (Å²) in [4.78, 5) is 8.72. The van der Waals surface area contributed by atoms with E-state index in [-0.39, 0.29) is 49.1 Å². The van der Waals surface area contributed by atoms with Gasteiger partial charge < -0.3 is 15.2 Å².